The van der Waals surface area contributed by atoms with Gasteiger partial charge in [-0.2, -0.15) is 0 Å². The number of nitrogens with one attached hydrogen (secondary N) is 2. The van der Waals surface area contributed by atoms with Crippen LogP contribution in [0.1, 0.15) is 15.9 Å². The molecule has 0 atom stereocenters. The smallest absolute Gasteiger partial charge is 0.257 e. The van der Waals surface area contributed by atoms with Gasteiger partial charge < -0.3 is 20.1 Å². The van der Waals surface area contributed by atoms with Crippen molar-refractivity contribution in [3.8, 4) is 5.75 Å². The summed E-state index contributed by atoms with van der Waals surface area (Å²) < 4.78 is 10.6. The summed E-state index contributed by atoms with van der Waals surface area (Å²) in [5, 5.41) is 6.36. The summed E-state index contributed by atoms with van der Waals surface area (Å²) in [6.07, 6.45) is 0. The Bertz CT molecular complexity index is 1010. The van der Waals surface area contributed by atoms with Crippen LogP contribution in [-0.4, -0.2) is 44.2 Å². The first-order valence-corrected chi connectivity index (χ1v) is 10.4. The van der Waals surface area contributed by atoms with E-state index in [2.05, 4.69) is 21.6 Å². The Morgan fingerprint density at radius 1 is 0.968 bits per heavy atom. The van der Waals surface area contributed by atoms with Crippen LogP contribution in [0, 0.1) is 0 Å². The number of nitrogens with zero attached hydrogens (tertiary/aromatic N) is 1. The van der Waals surface area contributed by atoms with Gasteiger partial charge in [-0.25, -0.2) is 0 Å². The van der Waals surface area contributed by atoms with Crippen molar-refractivity contribution in [3.05, 3.63) is 83.9 Å². The Balaban J connectivity index is 1.45. The molecule has 31 heavy (non-hydrogen) atoms. The summed E-state index contributed by atoms with van der Waals surface area (Å²) in [7, 11) is 1.64. The van der Waals surface area contributed by atoms with Crippen molar-refractivity contribution in [2.75, 3.05) is 44.0 Å². The second-order valence-corrected chi connectivity index (χ2v) is 7.44. The molecule has 3 aromatic rings. The molecule has 4 rings (SSSR count). The molecule has 160 valence electrons. The first kappa shape index (κ1) is 20.9. The lowest BCUT2D eigenvalue weighted by Gasteiger charge is -2.26. The zero-order chi connectivity index (χ0) is 21.5. The maximum absolute atomic E-state index is 13.0. The van der Waals surface area contributed by atoms with E-state index in [9.17, 15) is 4.79 Å². The van der Waals surface area contributed by atoms with Crippen LogP contribution in [0.3, 0.4) is 0 Å². The number of amides is 1. The largest absolute Gasteiger partial charge is 0.497 e. The lowest BCUT2D eigenvalue weighted by Crippen LogP contribution is -2.35. The maximum Gasteiger partial charge on any atom is 0.257 e. The molecule has 0 bridgehead atoms. The first-order chi connectivity index (χ1) is 15.2. The number of hydrogen-bond donors (Lipinski definition) is 2. The van der Waals surface area contributed by atoms with Gasteiger partial charge in [0, 0.05) is 31.0 Å². The molecule has 0 unspecified atom stereocenters. The van der Waals surface area contributed by atoms with Gasteiger partial charge in [-0.1, -0.05) is 24.3 Å². The molecule has 0 aromatic heterocycles. The van der Waals surface area contributed by atoms with Crippen molar-refractivity contribution >= 4 is 23.0 Å². The first-order valence-electron chi connectivity index (χ1n) is 10.4. The predicted molar refractivity (Wildman–Crippen MR) is 123 cm³/mol. The molecule has 1 heterocycles. The molecular weight excluding hydrogens is 390 g/mol. The maximum atomic E-state index is 13.0. The van der Waals surface area contributed by atoms with E-state index in [-0.39, 0.29) is 5.91 Å². The van der Waals surface area contributed by atoms with Gasteiger partial charge in [-0.3, -0.25) is 9.69 Å². The number of para-hydroxylation sites is 1. The number of carbonyl (C=O) groups is 1. The third-order valence-corrected chi connectivity index (χ3v) is 5.24. The second-order valence-electron chi connectivity index (χ2n) is 7.44. The summed E-state index contributed by atoms with van der Waals surface area (Å²) >= 11 is 0. The molecule has 1 saturated heterocycles. The number of hydrogen-bond acceptors (Lipinski definition) is 5. The number of ether oxygens (including phenoxy) is 2. The van der Waals surface area contributed by atoms with Gasteiger partial charge in [0.1, 0.15) is 5.75 Å². The summed E-state index contributed by atoms with van der Waals surface area (Å²) in [6.45, 7) is 4.26. The van der Waals surface area contributed by atoms with E-state index in [0.717, 1.165) is 55.7 Å². The Morgan fingerprint density at radius 3 is 2.52 bits per heavy atom. The second kappa shape index (κ2) is 10.1. The fraction of sp³-hybridized carbons (Fsp3) is 0.240. The van der Waals surface area contributed by atoms with E-state index in [1.807, 2.05) is 66.7 Å². The topological polar surface area (TPSA) is 62.8 Å². The van der Waals surface area contributed by atoms with Gasteiger partial charge in [0.2, 0.25) is 0 Å². The van der Waals surface area contributed by atoms with Crippen molar-refractivity contribution in [3.63, 3.8) is 0 Å². The molecule has 1 amide bonds. The van der Waals surface area contributed by atoms with Gasteiger partial charge in [0.05, 0.1) is 31.6 Å². The highest BCUT2D eigenvalue weighted by Gasteiger charge is 2.14. The number of methoxy groups -OCH3 is 1. The molecule has 1 aliphatic heterocycles. The zero-order valence-corrected chi connectivity index (χ0v) is 17.6. The minimum Gasteiger partial charge on any atom is -0.497 e. The average Bonchev–Trinajstić information content (AvgIpc) is 2.81. The molecule has 6 nitrogen and oxygen atoms in total. The van der Waals surface area contributed by atoms with Crippen LogP contribution in [-0.2, 0) is 11.3 Å². The van der Waals surface area contributed by atoms with Crippen LogP contribution in [0.25, 0.3) is 0 Å². The number of anilines is 3. The SMILES string of the molecule is COc1ccc(Nc2ccccc2C(=O)Nc2cccc(CN3CCOCC3)c2)cc1. The van der Waals surface area contributed by atoms with Crippen LogP contribution in [0.5, 0.6) is 5.75 Å². The Morgan fingerprint density at radius 2 is 1.74 bits per heavy atom. The third-order valence-electron chi connectivity index (χ3n) is 5.24. The monoisotopic (exact) mass is 417 g/mol. The van der Waals surface area contributed by atoms with Gasteiger partial charge in [-0.05, 0) is 54.1 Å². The highest BCUT2D eigenvalue weighted by atomic mass is 16.5. The van der Waals surface area contributed by atoms with E-state index in [0.29, 0.717) is 5.56 Å². The van der Waals surface area contributed by atoms with Crippen LogP contribution in [0.15, 0.2) is 72.8 Å². The van der Waals surface area contributed by atoms with E-state index in [1.54, 1.807) is 7.11 Å². The Hall–Kier alpha value is -3.35. The molecular formula is C25H27N3O3. The van der Waals surface area contributed by atoms with Crippen molar-refractivity contribution in [1.29, 1.82) is 0 Å². The molecule has 1 aliphatic rings. The summed E-state index contributed by atoms with van der Waals surface area (Å²) in [6, 6.07) is 23.1. The normalized spacial score (nSPS) is 14.1. The molecule has 1 fully saturated rings. The fourth-order valence-electron chi connectivity index (χ4n) is 3.58. The van der Waals surface area contributed by atoms with Crippen molar-refractivity contribution in [1.82, 2.24) is 4.90 Å². The number of benzene rings is 3. The number of morpholine rings is 1. The van der Waals surface area contributed by atoms with E-state index in [4.69, 9.17) is 9.47 Å². The predicted octanol–water partition coefficient (Wildman–Crippen LogP) is 4.52. The molecule has 3 aromatic carbocycles. The van der Waals surface area contributed by atoms with Crippen LogP contribution >= 0.6 is 0 Å². The molecule has 0 aliphatic carbocycles. The number of rotatable bonds is 7. The lowest BCUT2D eigenvalue weighted by molar-refractivity contribution is 0.0342. The van der Waals surface area contributed by atoms with Gasteiger partial charge in [0.25, 0.3) is 5.91 Å². The summed E-state index contributed by atoms with van der Waals surface area (Å²) in [4.78, 5) is 15.4. The van der Waals surface area contributed by atoms with E-state index < -0.39 is 0 Å². The number of carbonyl (C=O) groups excluding carboxylic acids is 1. The third kappa shape index (κ3) is 5.63. The fourth-order valence-corrected chi connectivity index (χ4v) is 3.58. The molecule has 0 spiro atoms. The summed E-state index contributed by atoms with van der Waals surface area (Å²) in [5.41, 5.74) is 4.17. The quantitative estimate of drug-likeness (QED) is 0.592. The Labute approximate surface area is 182 Å². The van der Waals surface area contributed by atoms with Crippen LogP contribution < -0.4 is 15.4 Å². The van der Waals surface area contributed by atoms with Crippen molar-refractivity contribution < 1.29 is 14.3 Å². The van der Waals surface area contributed by atoms with Crippen LogP contribution in [0.2, 0.25) is 0 Å². The van der Waals surface area contributed by atoms with Crippen molar-refractivity contribution in [2.24, 2.45) is 0 Å². The molecule has 0 radical (unpaired) electrons. The molecule has 6 heteroatoms. The lowest BCUT2D eigenvalue weighted by atomic mass is 10.1. The average molecular weight is 418 g/mol. The highest BCUT2D eigenvalue weighted by molar-refractivity contribution is 6.08. The molecule has 0 saturated carbocycles. The van der Waals surface area contributed by atoms with Crippen LogP contribution in [0.4, 0.5) is 17.1 Å². The standard InChI is InChI=1S/C25H27N3O3/c1-30-22-11-9-20(10-12-22)26-24-8-3-2-7-23(24)25(29)27-21-6-4-5-19(17-21)18-28-13-15-31-16-14-28/h2-12,17,26H,13-16,18H2,1H3,(H,27,29). The van der Waals surface area contributed by atoms with Gasteiger partial charge in [-0.15, -0.1) is 0 Å². The Kier molecular flexibility index (Phi) is 6.82. The van der Waals surface area contributed by atoms with Crippen molar-refractivity contribution in [2.45, 2.75) is 6.54 Å². The minimum absolute atomic E-state index is 0.153. The molecule has 2 N–H and O–H groups in total. The highest BCUT2D eigenvalue weighted by Crippen LogP contribution is 2.24. The van der Waals surface area contributed by atoms with E-state index in [1.165, 1.54) is 5.56 Å². The van der Waals surface area contributed by atoms with E-state index >= 15 is 0 Å². The summed E-state index contributed by atoms with van der Waals surface area (Å²) in [5.74, 6) is 0.633. The zero-order valence-electron chi connectivity index (χ0n) is 17.6. The van der Waals surface area contributed by atoms with Gasteiger partial charge >= 0.3 is 0 Å². The van der Waals surface area contributed by atoms with Gasteiger partial charge in [0.15, 0.2) is 0 Å². The minimum atomic E-state index is -0.153.